The fraction of sp³-hybridized carbons (Fsp3) is 0.500. The van der Waals surface area contributed by atoms with Gasteiger partial charge in [-0.25, -0.2) is 18.2 Å². The number of esters is 1. The Morgan fingerprint density at radius 1 is 1.57 bits per heavy atom. The van der Waals surface area contributed by atoms with Gasteiger partial charge in [-0.2, -0.15) is 4.31 Å². The average Bonchev–Trinajstić information content (AvgIpc) is 2.56. The molecular formula is C14H19N3O5S. The van der Waals surface area contributed by atoms with Crippen molar-refractivity contribution in [2.45, 2.75) is 24.0 Å². The average molecular weight is 341 g/mol. The maximum Gasteiger partial charge on any atom is 0.340 e. The number of aromatic nitrogens is 2. The lowest BCUT2D eigenvalue weighted by molar-refractivity contribution is -0.179. The van der Waals surface area contributed by atoms with E-state index < -0.39 is 21.6 Å². The first-order valence-electron chi connectivity index (χ1n) is 7.14. The second-order valence-corrected chi connectivity index (χ2v) is 6.82. The molecule has 1 aromatic heterocycles. The van der Waals surface area contributed by atoms with Crippen LogP contribution < -0.4 is 0 Å². The van der Waals surface area contributed by atoms with Gasteiger partial charge in [0.15, 0.2) is 10.6 Å². The van der Waals surface area contributed by atoms with Crippen molar-refractivity contribution in [3.8, 4) is 0 Å². The fourth-order valence-electron chi connectivity index (χ4n) is 2.33. The van der Waals surface area contributed by atoms with E-state index in [-0.39, 0.29) is 37.8 Å². The van der Waals surface area contributed by atoms with Crippen LogP contribution in [0.5, 0.6) is 0 Å². The number of sulfonamides is 1. The van der Waals surface area contributed by atoms with Crippen LogP contribution in [0.25, 0.3) is 0 Å². The molecule has 23 heavy (non-hydrogen) atoms. The van der Waals surface area contributed by atoms with Crippen LogP contribution in [-0.4, -0.2) is 60.6 Å². The van der Waals surface area contributed by atoms with Crippen molar-refractivity contribution in [3.63, 3.8) is 0 Å². The standard InChI is InChI=1S/C14H19N3O5S/c1-3-5-14(13(18)21-4-2)11-17(8-9-22-14)23(19,20)12-10-15-6-7-16-12/h3,6-7,10H,1,4-5,8-9,11H2,2H3. The topological polar surface area (TPSA) is 98.7 Å². The van der Waals surface area contributed by atoms with Gasteiger partial charge in [0.25, 0.3) is 10.0 Å². The molecule has 1 fully saturated rings. The molecule has 0 aromatic carbocycles. The van der Waals surface area contributed by atoms with E-state index in [0.29, 0.717) is 0 Å². The Hall–Kier alpha value is -1.84. The summed E-state index contributed by atoms with van der Waals surface area (Å²) in [4.78, 5) is 19.9. The van der Waals surface area contributed by atoms with Gasteiger partial charge in [0.05, 0.1) is 26.0 Å². The highest BCUT2D eigenvalue weighted by Crippen LogP contribution is 2.27. The minimum absolute atomic E-state index is 0.0755. The first-order chi connectivity index (χ1) is 11.0. The zero-order valence-electron chi connectivity index (χ0n) is 12.8. The molecule has 2 heterocycles. The Labute approximate surface area is 135 Å². The van der Waals surface area contributed by atoms with E-state index >= 15 is 0 Å². The maximum absolute atomic E-state index is 12.6. The molecule has 1 unspecified atom stereocenters. The molecule has 0 aliphatic carbocycles. The monoisotopic (exact) mass is 341 g/mol. The van der Waals surface area contributed by atoms with E-state index in [1.54, 1.807) is 6.92 Å². The van der Waals surface area contributed by atoms with Crippen molar-refractivity contribution in [2.24, 2.45) is 0 Å². The minimum Gasteiger partial charge on any atom is -0.464 e. The fourth-order valence-corrected chi connectivity index (χ4v) is 3.68. The van der Waals surface area contributed by atoms with Crippen LogP contribution in [0.15, 0.2) is 36.3 Å². The van der Waals surface area contributed by atoms with Crippen molar-refractivity contribution < 1.29 is 22.7 Å². The summed E-state index contributed by atoms with van der Waals surface area (Å²) in [6.45, 7) is 5.51. The van der Waals surface area contributed by atoms with E-state index in [1.807, 2.05) is 0 Å². The van der Waals surface area contributed by atoms with Gasteiger partial charge >= 0.3 is 5.97 Å². The van der Waals surface area contributed by atoms with Crippen LogP contribution in [0.4, 0.5) is 0 Å². The van der Waals surface area contributed by atoms with Crippen LogP contribution in [-0.2, 0) is 24.3 Å². The molecule has 2 rings (SSSR count). The number of morpholine rings is 1. The zero-order valence-corrected chi connectivity index (χ0v) is 13.7. The summed E-state index contributed by atoms with van der Waals surface area (Å²) in [6, 6.07) is 0. The van der Waals surface area contributed by atoms with Crippen LogP contribution >= 0.6 is 0 Å². The highest BCUT2D eigenvalue weighted by atomic mass is 32.2. The molecule has 1 aliphatic heterocycles. The maximum atomic E-state index is 12.6. The Kier molecular flexibility index (Phi) is 5.45. The SMILES string of the molecule is C=CCC1(C(=O)OCC)CN(S(=O)(=O)c2cnccn2)CCO1. The van der Waals surface area contributed by atoms with Gasteiger partial charge in [-0.1, -0.05) is 6.08 Å². The molecule has 0 saturated carbocycles. The van der Waals surface area contributed by atoms with Crippen molar-refractivity contribution >= 4 is 16.0 Å². The third kappa shape index (κ3) is 3.57. The third-order valence-electron chi connectivity index (χ3n) is 3.42. The van der Waals surface area contributed by atoms with Crippen LogP contribution in [0.2, 0.25) is 0 Å². The number of hydrogen-bond acceptors (Lipinski definition) is 7. The molecule has 0 N–H and O–H groups in total. The Morgan fingerprint density at radius 3 is 2.96 bits per heavy atom. The van der Waals surface area contributed by atoms with Crippen molar-refractivity contribution in [1.29, 1.82) is 0 Å². The lowest BCUT2D eigenvalue weighted by atomic mass is 9.98. The summed E-state index contributed by atoms with van der Waals surface area (Å²) < 4.78 is 37.1. The molecule has 0 bridgehead atoms. The minimum atomic E-state index is -3.86. The van der Waals surface area contributed by atoms with Crippen LogP contribution in [0, 0.1) is 0 Å². The number of ether oxygens (including phenoxy) is 2. The van der Waals surface area contributed by atoms with Crippen LogP contribution in [0.3, 0.4) is 0 Å². The number of carbonyl (C=O) groups is 1. The molecule has 0 spiro atoms. The molecule has 0 amide bonds. The second-order valence-electron chi connectivity index (χ2n) is 4.94. The number of carbonyl (C=O) groups excluding carboxylic acids is 1. The first kappa shape index (κ1) is 17.5. The van der Waals surface area contributed by atoms with Crippen molar-refractivity contribution in [3.05, 3.63) is 31.2 Å². The largest absolute Gasteiger partial charge is 0.464 e. The summed E-state index contributed by atoms with van der Waals surface area (Å²) in [7, 11) is -3.86. The molecule has 1 aromatic rings. The van der Waals surface area contributed by atoms with E-state index in [4.69, 9.17) is 9.47 Å². The van der Waals surface area contributed by atoms with Crippen LogP contribution in [0.1, 0.15) is 13.3 Å². The third-order valence-corrected chi connectivity index (χ3v) is 5.15. The zero-order chi connectivity index (χ0) is 16.9. The number of nitrogens with zero attached hydrogens (tertiary/aromatic N) is 3. The molecule has 126 valence electrons. The highest BCUT2D eigenvalue weighted by Gasteiger charge is 2.47. The van der Waals surface area contributed by atoms with Gasteiger partial charge in [-0.15, -0.1) is 6.58 Å². The number of hydrogen-bond donors (Lipinski definition) is 0. The van der Waals surface area contributed by atoms with Gasteiger partial charge in [0, 0.05) is 25.4 Å². The summed E-state index contributed by atoms with van der Waals surface area (Å²) in [5.41, 5.74) is -1.38. The molecule has 1 aliphatic rings. The molecule has 9 heteroatoms. The summed E-state index contributed by atoms with van der Waals surface area (Å²) in [5, 5.41) is -0.168. The second kappa shape index (κ2) is 7.16. The first-order valence-corrected chi connectivity index (χ1v) is 8.58. The van der Waals surface area contributed by atoms with E-state index in [1.165, 1.54) is 29.0 Å². The lowest BCUT2D eigenvalue weighted by Crippen LogP contribution is -2.58. The molecule has 8 nitrogen and oxygen atoms in total. The predicted molar refractivity (Wildman–Crippen MR) is 80.9 cm³/mol. The van der Waals surface area contributed by atoms with E-state index in [0.717, 1.165) is 0 Å². The van der Waals surface area contributed by atoms with Gasteiger partial charge < -0.3 is 9.47 Å². The van der Waals surface area contributed by atoms with Gasteiger partial charge in [-0.3, -0.25) is 4.98 Å². The summed E-state index contributed by atoms with van der Waals surface area (Å²) >= 11 is 0. The van der Waals surface area contributed by atoms with Crippen molar-refractivity contribution in [2.75, 3.05) is 26.3 Å². The van der Waals surface area contributed by atoms with E-state index in [2.05, 4.69) is 16.5 Å². The highest BCUT2D eigenvalue weighted by molar-refractivity contribution is 7.89. The number of rotatable bonds is 6. The molecule has 1 atom stereocenters. The van der Waals surface area contributed by atoms with Crippen molar-refractivity contribution in [1.82, 2.24) is 14.3 Å². The lowest BCUT2D eigenvalue weighted by Gasteiger charge is -2.39. The molecule has 1 saturated heterocycles. The summed E-state index contributed by atoms with van der Waals surface area (Å²) in [5.74, 6) is -0.598. The quantitative estimate of drug-likeness (QED) is 0.545. The molecule has 0 radical (unpaired) electrons. The normalized spacial score (nSPS) is 22.5. The Balaban J connectivity index is 2.31. The van der Waals surface area contributed by atoms with Gasteiger partial charge in [-0.05, 0) is 6.92 Å². The summed E-state index contributed by atoms with van der Waals surface area (Å²) in [6.07, 6.45) is 5.52. The Morgan fingerprint density at radius 2 is 2.35 bits per heavy atom. The smallest absolute Gasteiger partial charge is 0.340 e. The molecular weight excluding hydrogens is 322 g/mol. The van der Waals surface area contributed by atoms with E-state index in [9.17, 15) is 13.2 Å². The van der Waals surface area contributed by atoms with Gasteiger partial charge in [0.2, 0.25) is 0 Å². The van der Waals surface area contributed by atoms with Gasteiger partial charge in [0.1, 0.15) is 0 Å². The Bertz CT molecular complexity index is 664. The predicted octanol–water partition coefficient (Wildman–Crippen LogP) is 0.375.